The average molecular weight is 375 g/mol. The molecule has 27 heavy (non-hydrogen) atoms. The summed E-state index contributed by atoms with van der Waals surface area (Å²) in [5, 5.41) is 16.3. The molecular weight excluding hydrogens is 340 g/mol. The van der Waals surface area contributed by atoms with Crippen LogP contribution in [0.1, 0.15) is 37.3 Å². The molecule has 0 amide bonds. The molecule has 0 spiro atoms. The Balaban J connectivity index is 1.37. The van der Waals surface area contributed by atoms with Crippen molar-refractivity contribution in [1.82, 2.24) is 15.5 Å². The molecule has 150 valence electrons. The number of likely N-dealkylation sites (tertiary alicyclic amines) is 1. The molecule has 1 aromatic carbocycles. The molecule has 3 rings (SSSR count). The number of hydrogen-bond acceptors (Lipinski definition) is 4. The monoisotopic (exact) mass is 374 g/mol. The molecule has 0 aromatic heterocycles. The second-order valence-electron chi connectivity index (χ2n) is 7.40. The van der Waals surface area contributed by atoms with E-state index in [2.05, 4.69) is 40.7 Å². The SMILES string of the molecule is CCNC(=NCCCN1CCC(O)CC1)NCCc1ccc2c(c1)CCO2. The van der Waals surface area contributed by atoms with Crippen LogP contribution in [0, 0.1) is 0 Å². The summed E-state index contributed by atoms with van der Waals surface area (Å²) in [5.41, 5.74) is 2.67. The van der Waals surface area contributed by atoms with Gasteiger partial charge in [0, 0.05) is 39.1 Å². The van der Waals surface area contributed by atoms with Crippen LogP contribution in [-0.2, 0) is 12.8 Å². The van der Waals surface area contributed by atoms with Gasteiger partial charge in [0.05, 0.1) is 12.7 Å². The fourth-order valence-corrected chi connectivity index (χ4v) is 3.69. The predicted octanol–water partition coefficient (Wildman–Crippen LogP) is 1.57. The minimum absolute atomic E-state index is 0.0953. The van der Waals surface area contributed by atoms with Crippen molar-refractivity contribution in [3.63, 3.8) is 0 Å². The molecule has 1 aromatic rings. The van der Waals surface area contributed by atoms with Gasteiger partial charge in [-0.15, -0.1) is 0 Å². The summed E-state index contributed by atoms with van der Waals surface area (Å²) in [7, 11) is 0. The topological polar surface area (TPSA) is 69.1 Å². The van der Waals surface area contributed by atoms with Gasteiger partial charge in [-0.05, 0) is 56.3 Å². The highest BCUT2D eigenvalue weighted by Crippen LogP contribution is 2.25. The molecule has 2 heterocycles. The van der Waals surface area contributed by atoms with E-state index in [0.29, 0.717) is 0 Å². The van der Waals surface area contributed by atoms with E-state index in [-0.39, 0.29) is 6.10 Å². The van der Waals surface area contributed by atoms with Crippen LogP contribution in [-0.4, -0.2) is 67.9 Å². The van der Waals surface area contributed by atoms with E-state index in [0.717, 1.165) is 89.7 Å². The molecule has 0 unspecified atom stereocenters. The quantitative estimate of drug-likeness (QED) is 0.366. The molecule has 0 atom stereocenters. The summed E-state index contributed by atoms with van der Waals surface area (Å²) in [6.45, 7) is 8.55. The van der Waals surface area contributed by atoms with Gasteiger partial charge in [0.25, 0.3) is 0 Å². The second-order valence-corrected chi connectivity index (χ2v) is 7.40. The predicted molar refractivity (Wildman–Crippen MR) is 110 cm³/mol. The first-order valence-electron chi connectivity index (χ1n) is 10.4. The van der Waals surface area contributed by atoms with E-state index in [9.17, 15) is 5.11 Å². The first-order valence-corrected chi connectivity index (χ1v) is 10.4. The Bertz CT molecular complexity index is 612. The number of fused-ring (bicyclic) bond motifs is 1. The summed E-state index contributed by atoms with van der Waals surface area (Å²) in [6, 6.07) is 6.52. The molecule has 2 aliphatic heterocycles. The van der Waals surface area contributed by atoms with Crippen molar-refractivity contribution < 1.29 is 9.84 Å². The van der Waals surface area contributed by atoms with E-state index >= 15 is 0 Å². The van der Waals surface area contributed by atoms with Gasteiger partial charge in [-0.1, -0.05) is 12.1 Å². The molecule has 6 nitrogen and oxygen atoms in total. The van der Waals surface area contributed by atoms with Crippen LogP contribution in [0.5, 0.6) is 5.75 Å². The largest absolute Gasteiger partial charge is 0.493 e. The van der Waals surface area contributed by atoms with Crippen molar-refractivity contribution >= 4 is 5.96 Å². The van der Waals surface area contributed by atoms with E-state index in [4.69, 9.17) is 9.73 Å². The summed E-state index contributed by atoms with van der Waals surface area (Å²) < 4.78 is 5.57. The number of aliphatic hydroxyl groups is 1. The maximum Gasteiger partial charge on any atom is 0.191 e. The van der Waals surface area contributed by atoms with Gasteiger partial charge < -0.3 is 25.4 Å². The van der Waals surface area contributed by atoms with Crippen LogP contribution in [0.2, 0.25) is 0 Å². The summed E-state index contributed by atoms with van der Waals surface area (Å²) in [5.74, 6) is 1.95. The number of hydrogen-bond donors (Lipinski definition) is 3. The highest BCUT2D eigenvalue weighted by molar-refractivity contribution is 5.79. The van der Waals surface area contributed by atoms with Crippen LogP contribution in [0.25, 0.3) is 0 Å². The lowest BCUT2D eigenvalue weighted by molar-refractivity contribution is 0.0824. The fraction of sp³-hybridized carbons (Fsp3) is 0.667. The molecule has 1 fully saturated rings. The molecule has 1 saturated heterocycles. The van der Waals surface area contributed by atoms with Crippen molar-refractivity contribution in [2.24, 2.45) is 4.99 Å². The minimum atomic E-state index is -0.0953. The molecule has 6 heteroatoms. The van der Waals surface area contributed by atoms with Crippen molar-refractivity contribution in [2.45, 2.75) is 45.1 Å². The van der Waals surface area contributed by atoms with Crippen LogP contribution >= 0.6 is 0 Å². The number of nitrogens with zero attached hydrogens (tertiary/aromatic N) is 2. The Morgan fingerprint density at radius 2 is 2.15 bits per heavy atom. The van der Waals surface area contributed by atoms with Crippen LogP contribution < -0.4 is 15.4 Å². The number of piperidine rings is 1. The summed E-state index contributed by atoms with van der Waals surface area (Å²) in [4.78, 5) is 7.13. The number of rotatable bonds is 8. The molecule has 0 saturated carbocycles. The third-order valence-electron chi connectivity index (χ3n) is 5.26. The van der Waals surface area contributed by atoms with E-state index in [1.807, 2.05) is 0 Å². The fourth-order valence-electron chi connectivity index (χ4n) is 3.69. The van der Waals surface area contributed by atoms with Crippen molar-refractivity contribution in [1.29, 1.82) is 0 Å². The van der Waals surface area contributed by atoms with Gasteiger partial charge in [0.2, 0.25) is 0 Å². The van der Waals surface area contributed by atoms with Crippen LogP contribution in [0.15, 0.2) is 23.2 Å². The van der Waals surface area contributed by atoms with Gasteiger partial charge >= 0.3 is 0 Å². The van der Waals surface area contributed by atoms with Gasteiger partial charge in [-0.25, -0.2) is 0 Å². The summed E-state index contributed by atoms with van der Waals surface area (Å²) >= 11 is 0. The lowest BCUT2D eigenvalue weighted by Gasteiger charge is -2.29. The normalized spacial score (nSPS) is 18.2. The van der Waals surface area contributed by atoms with E-state index in [1.54, 1.807) is 0 Å². The first kappa shape index (κ1) is 20.0. The zero-order valence-corrected chi connectivity index (χ0v) is 16.5. The maximum absolute atomic E-state index is 9.57. The van der Waals surface area contributed by atoms with Crippen molar-refractivity contribution in [2.75, 3.05) is 45.9 Å². The van der Waals surface area contributed by atoms with Crippen LogP contribution in [0.4, 0.5) is 0 Å². The van der Waals surface area contributed by atoms with E-state index < -0.39 is 0 Å². The number of guanidine groups is 1. The second kappa shape index (κ2) is 10.5. The Labute approximate surface area is 163 Å². The van der Waals surface area contributed by atoms with E-state index in [1.165, 1.54) is 11.1 Å². The maximum atomic E-state index is 9.57. The Kier molecular flexibility index (Phi) is 7.78. The average Bonchev–Trinajstić information content (AvgIpc) is 3.14. The molecule has 3 N–H and O–H groups in total. The third-order valence-corrected chi connectivity index (χ3v) is 5.26. The van der Waals surface area contributed by atoms with Crippen LogP contribution in [0.3, 0.4) is 0 Å². The van der Waals surface area contributed by atoms with Gasteiger partial charge in [0.15, 0.2) is 5.96 Å². The molecular formula is C21H34N4O2. The lowest BCUT2D eigenvalue weighted by atomic mass is 10.1. The first-order chi connectivity index (χ1) is 13.2. The standard InChI is InChI=1S/C21H34N4O2/c1-2-22-21(23-10-3-12-25-13-7-19(26)8-14-25)24-11-6-17-4-5-20-18(16-17)9-15-27-20/h4-5,16,19,26H,2-3,6-15H2,1H3,(H2,22,23,24). The Hall–Kier alpha value is -1.79. The molecule has 0 radical (unpaired) electrons. The smallest absolute Gasteiger partial charge is 0.191 e. The highest BCUT2D eigenvalue weighted by atomic mass is 16.5. The van der Waals surface area contributed by atoms with Gasteiger partial charge in [-0.3, -0.25) is 4.99 Å². The number of aliphatic imine (C=N–C) groups is 1. The Morgan fingerprint density at radius 1 is 1.30 bits per heavy atom. The minimum Gasteiger partial charge on any atom is -0.493 e. The number of ether oxygens (including phenoxy) is 1. The lowest BCUT2D eigenvalue weighted by Crippen LogP contribution is -2.39. The number of benzene rings is 1. The molecule has 2 aliphatic rings. The Morgan fingerprint density at radius 3 is 2.96 bits per heavy atom. The number of nitrogens with one attached hydrogen (secondary N) is 2. The highest BCUT2D eigenvalue weighted by Gasteiger charge is 2.16. The zero-order chi connectivity index (χ0) is 18.9. The van der Waals surface area contributed by atoms with Crippen molar-refractivity contribution in [3.05, 3.63) is 29.3 Å². The zero-order valence-electron chi connectivity index (χ0n) is 16.5. The molecule has 0 bridgehead atoms. The van der Waals surface area contributed by atoms with Gasteiger partial charge in [0.1, 0.15) is 5.75 Å². The summed E-state index contributed by atoms with van der Waals surface area (Å²) in [6.07, 6.45) is 4.77. The van der Waals surface area contributed by atoms with Crippen molar-refractivity contribution in [3.8, 4) is 5.75 Å². The molecule has 0 aliphatic carbocycles. The third kappa shape index (κ3) is 6.40. The number of aliphatic hydroxyl groups excluding tert-OH is 1. The van der Waals surface area contributed by atoms with Gasteiger partial charge in [-0.2, -0.15) is 0 Å².